The second-order valence-corrected chi connectivity index (χ2v) is 5.69. The van der Waals surface area contributed by atoms with Gasteiger partial charge in [-0.05, 0) is 44.0 Å². The molecule has 6 N–H and O–H groups in total. The summed E-state index contributed by atoms with van der Waals surface area (Å²) in [6.45, 7) is 5.35. The number of anilines is 2. The first-order valence-electron chi connectivity index (χ1n) is 7.61. The standard InChI is InChI=1S/C18H22N2O4/c1-4-24-18(23)15(11-6-5-9(2)7-14(11)21)12-8-13(19)10(3)16(20)17(12)22/h5-8,15,21-22H,4,19-20H2,1-3H3. The van der Waals surface area contributed by atoms with Gasteiger partial charge >= 0.3 is 5.97 Å². The molecular weight excluding hydrogens is 308 g/mol. The average molecular weight is 330 g/mol. The van der Waals surface area contributed by atoms with E-state index in [2.05, 4.69) is 0 Å². The van der Waals surface area contributed by atoms with E-state index in [1.54, 1.807) is 32.0 Å². The third-order valence-electron chi connectivity index (χ3n) is 4.01. The number of ether oxygens (including phenoxy) is 1. The molecule has 1 atom stereocenters. The number of nitrogen functional groups attached to an aromatic ring is 2. The van der Waals surface area contributed by atoms with Crippen molar-refractivity contribution in [2.45, 2.75) is 26.7 Å². The zero-order valence-electron chi connectivity index (χ0n) is 14.0. The molecule has 2 aromatic rings. The number of phenolic OH excluding ortho intramolecular Hbond substituents is 2. The summed E-state index contributed by atoms with van der Waals surface area (Å²) < 4.78 is 5.12. The normalized spacial score (nSPS) is 12.0. The minimum Gasteiger partial charge on any atom is -0.508 e. The smallest absolute Gasteiger partial charge is 0.318 e. The van der Waals surface area contributed by atoms with Crippen molar-refractivity contribution in [3.05, 3.63) is 46.5 Å². The van der Waals surface area contributed by atoms with Gasteiger partial charge in [-0.1, -0.05) is 12.1 Å². The third-order valence-corrected chi connectivity index (χ3v) is 4.01. The lowest BCUT2D eigenvalue weighted by Gasteiger charge is -2.21. The number of hydrogen-bond acceptors (Lipinski definition) is 6. The average Bonchev–Trinajstić information content (AvgIpc) is 2.52. The van der Waals surface area contributed by atoms with Crippen LogP contribution in [0.4, 0.5) is 11.4 Å². The molecule has 0 spiro atoms. The van der Waals surface area contributed by atoms with Gasteiger partial charge in [-0.25, -0.2) is 0 Å². The Hall–Kier alpha value is -2.89. The van der Waals surface area contributed by atoms with E-state index in [0.29, 0.717) is 16.8 Å². The van der Waals surface area contributed by atoms with Gasteiger partial charge in [-0.15, -0.1) is 0 Å². The summed E-state index contributed by atoms with van der Waals surface area (Å²) in [7, 11) is 0. The van der Waals surface area contributed by atoms with Crippen molar-refractivity contribution in [3.63, 3.8) is 0 Å². The molecule has 1 unspecified atom stereocenters. The number of nitrogens with two attached hydrogens (primary N) is 2. The molecule has 6 nitrogen and oxygen atoms in total. The van der Waals surface area contributed by atoms with E-state index < -0.39 is 11.9 Å². The van der Waals surface area contributed by atoms with Crippen LogP contribution in [-0.4, -0.2) is 22.8 Å². The summed E-state index contributed by atoms with van der Waals surface area (Å²) >= 11 is 0. The third kappa shape index (κ3) is 3.08. The molecule has 0 amide bonds. The fourth-order valence-corrected chi connectivity index (χ4v) is 2.60. The predicted octanol–water partition coefficient (Wildman–Crippen LogP) is 2.57. The zero-order valence-corrected chi connectivity index (χ0v) is 14.0. The molecule has 24 heavy (non-hydrogen) atoms. The van der Waals surface area contributed by atoms with E-state index in [1.807, 2.05) is 6.92 Å². The first-order valence-corrected chi connectivity index (χ1v) is 7.61. The highest BCUT2D eigenvalue weighted by Crippen LogP contribution is 2.42. The van der Waals surface area contributed by atoms with Crippen LogP contribution in [0, 0.1) is 13.8 Å². The van der Waals surface area contributed by atoms with Gasteiger partial charge in [-0.2, -0.15) is 0 Å². The van der Waals surface area contributed by atoms with Gasteiger partial charge in [-0.3, -0.25) is 4.79 Å². The number of carbonyl (C=O) groups is 1. The second kappa shape index (κ2) is 6.70. The lowest BCUT2D eigenvalue weighted by atomic mass is 9.87. The van der Waals surface area contributed by atoms with Crippen LogP contribution in [0.1, 0.15) is 35.1 Å². The van der Waals surface area contributed by atoms with Crippen LogP contribution in [0.25, 0.3) is 0 Å². The Balaban J connectivity index is 2.71. The van der Waals surface area contributed by atoms with Crippen LogP contribution >= 0.6 is 0 Å². The summed E-state index contributed by atoms with van der Waals surface area (Å²) in [5.41, 5.74) is 14.2. The molecule has 0 aromatic heterocycles. The van der Waals surface area contributed by atoms with Gasteiger partial charge < -0.3 is 26.4 Å². The highest BCUT2D eigenvalue weighted by atomic mass is 16.5. The quantitative estimate of drug-likeness (QED) is 0.296. The summed E-state index contributed by atoms with van der Waals surface area (Å²) in [4.78, 5) is 12.5. The predicted molar refractivity (Wildman–Crippen MR) is 93.0 cm³/mol. The molecule has 0 heterocycles. The fraction of sp³-hybridized carbons (Fsp3) is 0.278. The Morgan fingerprint density at radius 2 is 1.83 bits per heavy atom. The number of aromatic hydroxyl groups is 2. The highest BCUT2D eigenvalue weighted by molar-refractivity contribution is 5.86. The maximum atomic E-state index is 12.5. The van der Waals surface area contributed by atoms with Crippen molar-refractivity contribution >= 4 is 17.3 Å². The van der Waals surface area contributed by atoms with Gasteiger partial charge in [0.05, 0.1) is 12.3 Å². The van der Waals surface area contributed by atoms with Crippen LogP contribution in [0.15, 0.2) is 24.3 Å². The monoisotopic (exact) mass is 330 g/mol. The van der Waals surface area contributed by atoms with Crippen molar-refractivity contribution in [1.82, 2.24) is 0 Å². The van der Waals surface area contributed by atoms with E-state index in [1.165, 1.54) is 6.07 Å². The van der Waals surface area contributed by atoms with Gasteiger partial charge in [0.2, 0.25) is 0 Å². The maximum Gasteiger partial charge on any atom is 0.318 e. The van der Waals surface area contributed by atoms with E-state index in [-0.39, 0.29) is 29.4 Å². The van der Waals surface area contributed by atoms with Crippen LogP contribution in [-0.2, 0) is 9.53 Å². The van der Waals surface area contributed by atoms with Crippen molar-refractivity contribution in [2.75, 3.05) is 18.1 Å². The van der Waals surface area contributed by atoms with Crippen molar-refractivity contribution in [3.8, 4) is 11.5 Å². The number of phenols is 2. The Morgan fingerprint density at radius 3 is 2.42 bits per heavy atom. The van der Waals surface area contributed by atoms with Crippen molar-refractivity contribution in [2.24, 2.45) is 0 Å². The SMILES string of the molecule is CCOC(=O)C(c1ccc(C)cc1O)c1cc(N)c(C)c(N)c1O. The topological polar surface area (TPSA) is 119 Å². The van der Waals surface area contributed by atoms with Crippen LogP contribution in [0.5, 0.6) is 11.5 Å². The molecule has 128 valence electrons. The van der Waals surface area contributed by atoms with E-state index in [4.69, 9.17) is 16.2 Å². The number of rotatable bonds is 4. The minimum absolute atomic E-state index is 0.0647. The molecule has 0 radical (unpaired) electrons. The number of benzene rings is 2. The zero-order chi connectivity index (χ0) is 18.0. The summed E-state index contributed by atoms with van der Waals surface area (Å²) in [6.07, 6.45) is 0. The Bertz CT molecular complexity index is 787. The second-order valence-electron chi connectivity index (χ2n) is 5.69. The summed E-state index contributed by atoms with van der Waals surface area (Å²) in [5.74, 6) is -1.93. The molecule has 0 bridgehead atoms. The van der Waals surface area contributed by atoms with Gasteiger partial charge in [0, 0.05) is 16.8 Å². The van der Waals surface area contributed by atoms with Gasteiger partial charge in [0.25, 0.3) is 0 Å². The minimum atomic E-state index is -1.03. The Morgan fingerprint density at radius 1 is 1.17 bits per heavy atom. The molecule has 0 saturated carbocycles. The van der Waals surface area contributed by atoms with Crippen molar-refractivity contribution < 1.29 is 19.7 Å². The van der Waals surface area contributed by atoms with Crippen molar-refractivity contribution in [1.29, 1.82) is 0 Å². The van der Waals surface area contributed by atoms with Gasteiger partial charge in [0.15, 0.2) is 0 Å². The Kier molecular flexibility index (Phi) is 4.87. The molecular formula is C18H22N2O4. The molecule has 0 fully saturated rings. The van der Waals surface area contributed by atoms with E-state index in [0.717, 1.165) is 5.56 Å². The van der Waals surface area contributed by atoms with Crippen LogP contribution in [0.2, 0.25) is 0 Å². The molecule has 0 aliphatic carbocycles. The largest absolute Gasteiger partial charge is 0.508 e. The number of carbonyl (C=O) groups excluding carboxylic acids is 1. The first-order chi connectivity index (χ1) is 11.3. The van der Waals surface area contributed by atoms with E-state index in [9.17, 15) is 15.0 Å². The molecule has 6 heteroatoms. The van der Waals surface area contributed by atoms with Crippen LogP contribution < -0.4 is 11.5 Å². The summed E-state index contributed by atoms with van der Waals surface area (Å²) in [5, 5.41) is 20.7. The lowest BCUT2D eigenvalue weighted by Crippen LogP contribution is -2.18. The number of aryl methyl sites for hydroxylation is 1. The molecule has 2 aromatic carbocycles. The molecule has 0 aliphatic heterocycles. The van der Waals surface area contributed by atoms with E-state index >= 15 is 0 Å². The van der Waals surface area contributed by atoms with Gasteiger partial charge in [0.1, 0.15) is 17.4 Å². The first kappa shape index (κ1) is 17.5. The lowest BCUT2D eigenvalue weighted by molar-refractivity contribution is -0.143. The number of esters is 1. The van der Waals surface area contributed by atoms with Crippen LogP contribution in [0.3, 0.4) is 0 Å². The Labute approximate surface area is 140 Å². The number of hydrogen-bond donors (Lipinski definition) is 4. The summed E-state index contributed by atoms with van der Waals surface area (Å²) in [6, 6.07) is 6.42. The fourth-order valence-electron chi connectivity index (χ4n) is 2.60. The molecule has 0 saturated heterocycles. The maximum absolute atomic E-state index is 12.5. The molecule has 2 rings (SSSR count). The molecule has 0 aliphatic rings. The highest BCUT2D eigenvalue weighted by Gasteiger charge is 2.31.